The van der Waals surface area contributed by atoms with Crippen molar-refractivity contribution in [3.8, 4) is 0 Å². The highest BCUT2D eigenvalue weighted by atomic mass is 32.2. The summed E-state index contributed by atoms with van der Waals surface area (Å²) in [5.74, 6) is 2.57. The zero-order valence-electron chi connectivity index (χ0n) is 9.56. The molecule has 15 heavy (non-hydrogen) atoms. The van der Waals surface area contributed by atoms with Crippen molar-refractivity contribution in [2.24, 2.45) is 13.0 Å². The SMILES string of the molecule is CC(C)CSCC(=O)Cc1ccn(C)n1. The summed E-state index contributed by atoms with van der Waals surface area (Å²) in [6, 6.07) is 1.89. The zero-order chi connectivity index (χ0) is 11.3. The molecule has 0 radical (unpaired) electrons. The van der Waals surface area contributed by atoms with Gasteiger partial charge in [0.1, 0.15) is 5.78 Å². The number of hydrogen-bond acceptors (Lipinski definition) is 3. The number of Topliss-reactive ketones (excluding diaryl/α,β-unsaturated/α-hetero) is 1. The van der Waals surface area contributed by atoms with Crippen LogP contribution in [0.4, 0.5) is 0 Å². The third-order valence-electron chi connectivity index (χ3n) is 1.86. The molecule has 0 aromatic carbocycles. The summed E-state index contributed by atoms with van der Waals surface area (Å²) in [5.41, 5.74) is 0.868. The van der Waals surface area contributed by atoms with Gasteiger partial charge in [-0.2, -0.15) is 16.9 Å². The van der Waals surface area contributed by atoms with Crippen molar-refractivity contribution in [1.82, 2.24) is 9.78 Å². The van der Waals surface area contributed by atoms with Crippen LogP contribution in [0.25, 0.3) is 0 Å². The molecule has 1 aromatic heterocycles. The minimum atomic E-state index is 0.263. The second-order valence-corrected chi connectivity index (χ2v) is 5.14. The summed E-state index contributed by atoms with van der Waals surface area (Å²) in [6.07, 6.45) is 2.33. The molecule has 0 bridgehead atoms. The Morgan fingerprint density at radius 2 is 2.33 bits per heavy atom. The topological polar surface area (TPSA) is 34.9 Å². The molecule has 1 heterocycles. The number of nitrogens with zero attached hydrogens (tertiary/aromatic N) is 2. The summed E-state index contributed by atoms with van der Waals surface area (Å²) in [7, 11) is 1.86. The van der Waals surface area contributed by atoms with Gasteiger partial charge in [-0.1, -0.05) is 13.8 Å². The molecular formula is C11H18N2OS. The average molecular weight is 226 g/mol. The van der Waals surface area contributed by atoms with Gasteiger partial charge in [0.25, 0.3) is 0 Å². The van der Waals surface area contributed by atoms with Gasteiger partial charge < -0.3 is 0 Å². The normalized spacial score (nSPS) is 10.9. The van der Waals surface area contributed by atoms with Gasteiger partial charge in [-0.05, 0) is 17.7 Å². The summed E-state index contributed by atoms with van der Waals surface area (Å²) in [5, 5.41) is 4.18. The Morgan fingerprint density at radius 3 is 2.87 bits per heavy atom. The molecule has 0 N–H and O–H groups in total. The molecule has 84 valence electrons. The van der Waals surface area contributed by atoms with Crippen LogP contribution in [0, 0.1) is 5.92 Å². The molecule has 4 heteroatoms. The molecule has 0 aliphatic carbocycles. The van der Waals surface area contributed by atoms with Gasteiger partial charge >= 0.3 is 0 Å². The summed E-state index contributed by atoms with van der Waals surface area (Å²) in [4.78, 5) is 11.5. The predicted molar refractivity (Wildman–Crippen MR) is 64.1 cm³/mol. The van der Waals surface area contributed by atoms with E-state index in [1.165, 1.54) is 0 Å². The summed E-state index contributed by atoms with van der Waals surface area (Å²) >= 11 is 1.71. The van der Waals surface area contributed by atoms with Crippen LogP contribution in [-0.4, -0.2) is 27.1 Å². The predicted octanol–water partition coefficient (Wildman–Crippen LogP) is 1.92. The maximum atomic E-state index is 11.5. The number of carbonyl (C=O) groups excluding carboxylic acids is 1. The van der Waals surface area contributed by atoms with Crippen molar-refractivity contribution in [2.45, 2.75) is 20.3 Å². The van der Waals surface area contributed by atoms with E-state index in [9.17, 15) is 4.79 Å². The second kappa shape index (κ2) is 5.95. The first-order chi connectivity index (χ1) is 7.08. The number of thioether (sulfide) groups is 1. The Hall–Kier alpha value is -0.770. The van der Waals surface area contributed by atoms with E-state index in [1.54, 1.807) is 16.4 Å². The first-order valence-corrected chi connectivity index (χ1v) is 6.31. The van der Waals surface area contributed by atoms with E-state index in [2.05, 4.69) is 18.9 Å². The smallest absolute Gasteiger partial charge is 0.148 e. The van der Waals surface area contributed by atoms with Crippen molar-refractivity contribution in [1.29, 1.82) is 0 Å². The Kier molecular flexibility index (Phi) is 4.88. The lowest BCUT2D eigenvalue weighted by molar-refractivity contribution is -0.116. The highest BCUT2D eigenvalue weighted by molar-refractivity contribution is 7.99. The number of aromatic nitrogens is 2. The largest absolute Gasteiger partial charge is 0.298 e. The van der Waals surface area contributed by atoms with Crippen molar-refractivity contribution in [3.05, 3.63) is 18.0 Å². The molecule has 3 nitrogen and oxygen atoms in total. The Bertz CT molecular complexity index is 320. The van der Waals surface area contributed by atoms with Crippen LogP contribution in [0.1, 0.15) is 19.5 Å². The highest BCUT2D eigenvalue weighted by Gasteiger charge is 2.06. The molecule has 0 saturated heterocycles. The molecular weight excluding hydrogens is 208 g/mol. The van der Waals surface area contributed by atoms with Crippen molar-refractivity contribution in [2.75, 3.05) is 11.5 Å². The number of ketones is 1. The van der Waals surface area contributed by atoms with Crippen molar-refractivity contribution in [3.63, 3.8) is 0 Å². The molecule has 0 atom stereocenters. The molecule has 0 fully saturated rings. The second-order valence-electron chi connectivity index (χ2n) is 4.11. The van der Waals surface area contributed by atoms with Crippen LogP contribution >= 0.6 is 11.8 Å². The van der Waals surface area contributed by atoms with E-state index in [1.807, 2.05) is 19.3 Å². The van der Waals surface area contributed by atoms with Crippen LogP contribution < -0.4 is 0 Å². The van der Waals surface area contributed by atoms with Gasteiger partial charge in [0.05, 0.1) is 17.9 Å². The third-order valence-corrected chi connectivity index (χ3v) is 3.29. The van der Waals surface area contributed by atoms with E-state index < -0.39 is 0 Å². The van der Waals surface area contributed by atoms with Gasteiger partial charge in [0.2, 0.25) is 0 Å². The van der Waals surface area contributed by atoms with E-state index in [0.717, 1.165) is 11.4 Å². The lowest BCUT2D eigenvalue weighted by Crippen LogP contribution is -2.08. The molecule has 0 amide bonds. The van der Waals surface area contributed by atoms with Gasteiger partial charge in [-0.25, -0.2) is 0 Å². The van der Waals surface area contributed by atoms with Crippen LogP contribution in [0.3, 0.4) is 0 Å². The molecule has 1 aromatic rings. The maximum Gasteiger partial charge on any atom is 0.148 e. The van der Waals surface area contributed by atoms with Crippen LogP contribution in [0.2, 0.25) is 0 Å². The first-order valence-electron chi connectivity index (χ1n) is 5.16. The molecule has 1 rings (SSSR count). The van der Waals surface area contributed by atoms with Crippen LogP contribution in [0.5, 0.6) is 0 Å². The van der Waals surface area contributed by atoms with E-state index >= 15 is 0 Å². The minimum Gasteiger partial charge on any atom is -0.298 e. The number of hydrogen-bond donors (Lipinski definition) is 0. The fourth-order valence-corrected chi connectivity index (χ4v) is 2.14. The summed E-state index contributed by atoms with van der Waals surface area (Å²) in [6.45, 7) is 4.33. The molecule has 0 spiro atoms. The first kappa shape index (κ1) is 12.3. The van der Waals surface area contributed by atoms with Crippen molar-refractivity contribution >= 4 is 17.5 Å². The fourth-order valence-electron chi connectivity index (χ4n) is 1.22. The maximum absolute atomic E-state index is 11.5. The number of carbonyl (C=O) groups is 1. The quantitative estimate of drug-likeness (QED) is 0.743. The molecule has 0 saturated carbocycles. The molecule has 0 aliphatic heterocycles. The van der Waals surface area contributed by atoms with Crippen LogP contribution in [-0.2, 0) is 18.3 Å². The molecule has 0 aliphatic rings. The monoisotopic (exact) mass is 226 g/mol. The summed E-state index contributed by atoms with van der Waals surface area (Å²) < 4.78 is 1.73. The van der Waals surface area contributed by atoms with E-state index in [0.29, 0.717) is 18.1 Å². The van der Waals surface area contributed by atoms with Gasteiger partial charge in [-0.3, -0.25) is 9.48 Å². The fraction of sp³-hybridized carbons (Fsp3) is 0.636. The van der Waals surface area contributed by atoms with Gasteiger partial charge in [-0.15, -0.1) is 0 Å². The van der Waals surface area contributed by atoms with Gasteiger partial charge in [0, 0.05) is 13.2 Å². The lowest BCUT2D eigenvalue weighted by Gasteiger charge is -2.02. The van der Waals surface area contributed by atoms with E-state index in [-0.39, 0.29) is 5.78 Å². The Balaban J connectivity index is 2.24. The Morgan fingerprint density at radius 1 is 1.60 bits per heavy atom. The zero-order valence-corrected chi connectivity index (χ0v) is 10.4. The minimum absolute atomic E-state index is 0.263. The number of rotatable bonds is 6. The Labute approximate surface area is 95.2 Å². The number of aryl methyl sites for hydroxylation is 1. The van der Waals surface area contributed by atoms with Gasteiger partial charge in [0.15, 0.2) is 0 Å². The average Bonchev–Trinajstić information content (AvgIpc) is 2.50. The standard InChI is InChI=1S/C11H18N2OS/c1-9(2)7-15-8-11(14)6-10-4-5-13(3)12-10/h4-5,9H,6-8H2,1-3H3. The third kappa shape index (κ3) is 5.02. The molecule has 0 unspecified atom stereocenters. The van der Waals surface area contributed by atoms with Crippen molar-refractivity contribution < 1.29 is 4.79 Å². The lowest BCUT2D eigenvalue weighted by atomic mass is 10.2. The highest BCUT2D eigenvalue weighted by Crippen LogP contribution is 2.08. The van der Waals surface area contributed by atoms with E-state index in [4.69, 9.17) is 0 Å². The van der Waals surface area contributed by atoms with Crippen LogP contribution in [0.15, 0.2) is 12.3 Å².